The van der Waals surface area contributed by atoms with Crippen molar-refractivity contribution in [3.8, 4) is 11.5 Å². The molecule has 0 radical (unpaired) electrons. The van der Waals surface area contributed by atoms with Gasteiger partial charge in [-0.2, -0.15) is 0 Å². The Morgan fingerprint density at radius 1 is 1.19 bits per heavy atom. The number of guanidine groups is 1. The number of aliphatic imine (C=N–C) groups is 1. The molecule has 0 spiro atoms. The van der Waals surface area contributed by atoms with E-state index in [4.69, 9.17) is 9.47 Å². The van der Waals surface area contributed by atoms with Gasteiger partial charge in [0.2, 0.25) is 0 Å². The molecule has 146 valence electrons. The molecule has 1 aromatic rings. The van der Waals surface area contributed by atoms with Gasteiger partial charge in [-0.15, -0.1) is 0 Å². The number of hydrogen-bond donors (Lipinski definition) is 2. The number of likely N-dealkylation sites (tertiary alicyclic amines) is 1. The van der Waals surface area contributed by atoms with Gasteiger partial charge in [0, 0.05) is 19.7 Å². The normalized spacial score (nSPS) is 16.3. The Kier molecular flexibility index (Phi) is 9.10. The van der Waals surface area contributed by atoms with Gasteiger partial charge < -0.3 is 25.0 Å². The van der Waals surface area contributed by atoms with E-state index in [1.165, 1.54) is 38.9 Å². The Morgan fingerprint density at radius 3 is 2.69 bits per heavy atom. The van der Waals surface area contributed by atoms with Crippen molar-refractivity contribution in [1.82, 2.24) is 15.5 Å². The summed E-state index contributed by atoms with van der Waals surface area (Å²) in [5.74, 6) is 2.44. The molecule has 2 rings (SSSR count). The predicted molar refractivity (Wildman–Crippen MR) is 107 cm³/mol. The molecular formula is C20H34N4O2. The topological polar surface area (TPSA) is 58.1 Å². The van der Waals surface area contributed by atoms with Gasteiger partial charge in [0.15, 0.2) is 5.96 Å². The maximum absolute atomic E-state index is 5.92. The molecule has 1 fully saturated rings. The van der Waals surface area contributed by atoms with Crippen LogP contribution < -0.4 is 20.1 Å². The highest BCUT2D eigenvalue weighted by molar-refractivity contribution is 5.79. The van der Waals surface area contributed by atoms with Crippen LogP contribution in [0.4, 0.5) is 0 Å². The van der Waals surface area contributed by atoms with Crippen LogP contribution in [0.1, 0.15) is 32.6 Å². The van der Waals surface area contributed by atoms with E-state index in [1.807, 2.05) is 31.2 Å². The summed E-state index contributed by atoms with van der Waals surface area (Å²) in [6, 6.07) is 7.67. The first-order valence-electron chi connectivity index (χ1n) is 9.69. The lowest BCUT2D eigenvalue weighted by atomic mass is 10.3. The third-order valence-corrected chi connectivity index (χ3v) is 4.55. The average molecular weight is 363 g/mol. The lowest BCUT2D eigenvalue weighted by Gasteiger charge is -2.18. The van der Waals surface area contributed by atoms with Crippen LogP contribution in [-0.2, 0) is 0 Å². The lowest BCUT2D eigenvalue weighted by Crippen LogP contribution is -2.42. The Balaban J connectivity index is 1.59. The van der Waals surface area contributed by atoms with Gasteiger partial charge in [-0.05, 0) is 64.4 Å². The monoisotopic (exact) mass is 362 g/mol. The van der Waals surface area contributed by atoms with Crippen molar-refractivity contribution in [2.75, 3.05) is 46.9 Å². The Bertz CT molecular complexity index is 544. The van der Waals surface area contributed by atoms with Crippen LogP contribution in [0.25, 0.3) is 0 Å². The van der Waals surface area contributed by atoms with Crippen LogP contribution in [0.5, 0.6) is 11.5 Å². The molecule has 0 aromatic heterocycles. The SMILES string of the molecule is CN=C(NCCCCN1CCCC1)NCC(C)Oc1cccc(OC)c1. The first kappa shape index (κ1) is 20.4. The van der Waals surface area contributed by atoms with Crippen molar-refractivity contribution >= 4 is 5.96 Å². The second-order valence-corrected chi connectivity index (χ2v) is 6.74. The van der Waals surface area contributed by atoms with E-state index in [9.17, 15) is 0 Å². The van der Waals surface area contributed by atoms with Crippen molar-refractivity contribution in [2.24, 2.45) is 4.99 Å². The number of rotatable bonds is 10. The minimum absolute atomic E-state index is 0.0239. The third-order valence-electron chi connectivity index (χ3n) is 4.55. The number of ether oxygens (including phenoxy) is 2. The smallest absolute Gasteiger partial charge is 0.191 e. The Hall–Kier alpha value is -1.95. The summed E-state index contributed by atoms with van der Waals surface area (Å²) in [7, 11) is 3.46. The zero-order valence-corrected chi connectivity index (χ0v) is 16.5. The zero-order chi connectivity index (χ0) is 18.6. The standard InChI is InChI=1S/C20H34N4O2/c1-17(26-19-10-8-9-18(15-19)25-3)16-23-20(21-2)22-11-4-5-12-24-13-6-7-14-24/h8-10,15,17H,4-7,11-14,16H2,1-3H3,(H2,21,22,23). The van der Waals surface area contributed by atoms with Crippen LogP contribution in [0, 0.1) is 0 Å². The molecule has 0 amide bonds. The molecule has 1 heterocycles. The molecule has 1 aliphatic rings. The molecule has 6 nitrogen and oxygen atoms in total. The summed E-state index contributed by atoms with van der Waals surface area (Å²) >= 11 is 0. The first-order valence-corrected chi connectivity index (χ1v) is 9.69. The number of hydrogen-bond acceptors (Lipinski definition) is 4. The van der Waals surface area contributed by atoms with Crippen LogP contribution in [-0.4, -0.2) is 63.8 Å². The van der Waals surface area contributed by atoms with Crippen molar-refractivity contribution in [3.05, 3.63) is 24.3 Å². The van der Waals surface area contributed by atoms with Crippen molar-refractivity contribution in [2.45, 2.75) is 38.7 Å². The molecule has 0 aliphatic carbocycles. The van der Waals surface area contributed by atoms with Gasteiger partial charge in [0.05, 0.1) is 13.7 Å². The van der Waals surface area contributed by atoms with Crippen molar-refractivity contribution < 1.29 is 9.47 Å². The van der Waals surface area contributed by atoms with E-state index in [2.05, 4.69) is 20.5 Å². The Labute approximate surface area is 158 Å². The van der Waals surface area contributed by atoms with Gasteiger partial charge in [-0.25, -0.2) is 0 Å². The summed E-state index contributed by atoms with van der Waals surface area (Å²) in [6.07, 6.45) is 5.15. The number of nitrogens with zero attached hydrogens (tertiary/aromatic N) is 2. The molecule has 2 N–H and O–H groups in total. The fourth-order valence-electron chi connectivity index (χ4n) is 3.08. The van der Waals surface area contributed by atoms with Crippen molar-refractivity contribution in [3.63, 3.8) is 0 Å². The summed E-state index contributed by atoms with van der Waals surface area (Å²) in [4.78, 5) is 6.84. The van der Waals surface area contributed by atoms with Gasteiger partial charge in [-0.3, -0.25) is 4.99 Å². The van der Waals surface area contributed by atoms with E-state index < -0.39 is 0 Å². The highest BCUT2D eigenvalue weighted by atomic mass is 16.5. The molecule has 1 unspecified atom stereocenters. The minimum atomic E-state index is 0.0239. The predicted octanol–water partition coefficient (Wildman–Crippen LogP) is 2.50. The van der Waals surface area contributed by atoms with Crippen LogP contribution in [0.3, 0.4) is 0 Å². The van der Waals surface area contributed by atoms with Gasteiger partial charge in [0.1, 0.15) is 17.6 Å². The quantitative estimate of drug-likeness (QED) is 0.380. The fraction of sp³-hybridized carbons (Fsp3) is 0.650. The first-order chi connectivity index (χ1) is 12.7. The summed E-state index contributed by atoms with van der Waals surface area (Å²) in [5.41, 5.74) is 0. The molecular weight excluding hydrogens is 328 g/mol. The van der Waals surface area contributed by atoms with Gasteiger partial charge in [0.25, 0.3) is 0 Å². The molecule has 6 heteroatoms. The maximum atomic E-state index is 5.92. The molecule has 0 saturated carbocycles. The number of unbranched alkanes of at least 4 members (excludes halogenated alkanes) is 1. The molecule has 1 aliphatic heterocycles. The number of benzene rings is 1. The van der Waals surface area contributed by atoms with Gasteiger partial charge >= 0.3 is 0 Å². The highest BCUT2D eigenvalue weighted by Crippen LogP contribution is 2.19. The summed E-state index contributed by atoms with van der Waals surface area (Å²) < 4.78 is 11.1. The molecule has 1 atom stereocenters. The van der Waals surface area contributed by atoms with E-state index in [0.717, 1.165) is 30.4 Å². The van der Waals surface area contributed by atoms with E-state index >= 15 is 0 Å². The highest BCUT2D eigenvalue weighted by Gasteiger charge is 2.10. The molecule has 26 heavy (non-hydrogen) atoms. The van der Waals surface area contributed by atoms with Gasteiger partial charge in [-0.1, -0.05) is 6.07 Å². The molecule has 1 aromatic carbocycles. The van der Waals surface area contributed by atoms with E-state index in [0.29, 0.717) is 6.54 Å². The molecule has 1 saturated heterocycles. The van der Waals surface area contributed by atoms with Crippen LogP contribution in [0.15, 0.2) is 29.3 Å². The zero-order valence-electron chi connectivity index (χ0n) is 16.5. The lowest BCUT2D eigenvalue weighted by molar-refractivity contribution is 0.223. The summed E-state index contributed by atoms with van der Waals surface area (Å²) in [5, 5.41) is 6.70. The largest absolute Gasteiger partial charge is 0.497 e. The third kappa shape index (κ3) is 7.52. The van der Waals surface area contributed by atoms with E-state index in [1.54, 1.807) is 14.2 Å². The van der Waals surface area contributed by atoms with E-state index in [-0.39, 0.29) is 6.10 Å². The Morgan fingerprint density at radius 2 is 1.96 bits per heavy atom. The average Bonchev–Trinajstić information content (AvgIpc) is 3.17. The second-order valence-electron chi connectivity index (χ2n) is 6.74. The second kappa shape index (κ2) is 11.6. The summed E-state index contributed by atoms with van der Waals surface area (Å²) in [6.45, 7) is 7.45. The maximum Gasteiger partial charge on any atom is 0.191 e. The van der Waals surface area contributed by atoms with Crippen LogP contribution >= 0.6 is 0 Å². The number of methoxy groups -OCH3 is 1. The van der Waals surface area contributed by atoms with Crippen molar-refractivity contribution in [1.29, 1.82) is 0 Å². The fourth-order valence-corrected chi connectivity index (χ4v) is 3.08. The van der Waals surface area contributed by atoms with Crippen LogP contribution in [0.2, 0.25) is 0 Å². The number of nitrogens with one attached hydrogen (secondary N) is 2. The molecule has 0 bridgehead atoms. The minimum Gasteiger partial charge on any atom is -0.497 e.